The minimum Gasteiger partial charge on any atom is -0.481 e. The Labute approximate surface area is 157 Å². The molecule has 1 saturated heterocycles. The highest BCUT2D eigenvalue weighted by atomic mass is 35.5. The summed E-state index contributed by atoms with van der Waals surface area (Å²) in [7, 11) is -2.08. The zero-order valence-corrected chi connectivity index (χ0v) is 17.0. The first kappa shape index (κ1) is 20.6. The van der Waals surface area contributed by atoms with E-state index in [0.29, 0.717) is 42.3 Å². The van der Waals surface area contributed by atoms with Crippen LogP contribution in [0.15, 0.2) is 10.3 Å². The third kappa shape index (κ3) is 5.65. The smallest absolute Gasteiger partial charge is 0.306 e. The fourth-order valence-corrected chi connectivity index (χ4v) is 5.85. The quantitative estimate of drug-likeness (QED) is 0.600. The molecule has 0 aliphatic carbocycles. The van der Waals surface area contributed by atoms with Crippen LogP contribution in [0.3, 0.4) is 0 Å². The van der Waals surface area contributed by atoms with E-state index in [1.54, 1.807) is 6.07 Å². The number of sulfonamides is 1. The summed E-state index contributed by atoms with van der Waals surface area (Å²) >= 11 is 7.22. The highest BCUT2D eigenvalue weighted by Gasteiger charge is 2.31. The lowest BCUT2D eigenvalue weighted by atomic mass is 9.92. The minimum absolute atomic E-state index is 0.0259. The standard InChI is InChI=1S/C16H24ClNO5S2/c1-10(2)6-12(16(19)20)5-4-11-7-14(24-15(11)17)25(21,22)18(3)8-13-9-23-13/h7,10,12-13H,4-6,8-9H2,1-3H3,(H,19,20). The molecule has 0 spiro atoms. The number of carboxylic acids is 1. The van der Waals surface area contributed by atoms with Gasteiger partial charge in [0.25, 0.3) is 10.0 Å². The zero-order valence-electron chi connectivity index (χ0n) is 14.6. The second-order valence-corrected chi connectivity index (χ2v) is 10.7. The van der Waals surface area contributed by atoms with Crippen LogP contribution in [0.5, 0.6) is 0 Å². The third-order valence-corrected chi connectivity index (χ3v) is 7.84. The van der Waals surface area contributed by atoms with Crippen LogP contribution < -0.4 is 0 Å². The molecule has 2 atom stereocenters. The number of aryl methyl sites for hydroxylation is 1. The van der Waals surface area contributed by atoms with Crippen LogP contribution in [0.4, 0.5) is 0 Å². The van der Waals surface area contributed by atoms with Gasteiger partial charge in [0.05, 0.1) is 23.0 Å². The Morgan fingerprint density at radius 2 is 2.16 bits per heavy atom. The van der Waals surface area contributed by atoms with Crippen molar-refractivity contribution >= 4 is 38.9 Å². The van der Waals surface area contributed by atoms with E-state index in [2.05, 4.69) is 0 Å². The fraction of sp³-hybridized carbons (Fsp3) is 0.688. The highest BCUT2D eigenvalue weighted by Crippen LogP contribution is 2.34. The van der Waals surface area contributed by atoms with Crippen LogP contribution >= 0.6 is 22.9 Å². The monoisotopic (exact) mass is 409 g/mol. The summed E-state index contributed by atoms with van der Waals surface area (Å²) in [6.07, 6.45) is 1.45. The SMILES string of the molecule is CC(C)CC(CCc1cc(S(=O)(=O)N(C)CC2CO2)sc1Cl)C(=O)O. The second-order valence-electron chi connectivity index (χ2n) is 6.81. The molecule has 1 aliphatic rings. The molecule has 6 nitrogen and oxygen atoms in total. The Morgan fingerprint density at radius 3 is 2.68 bits per heavy atom. The van der Waals surface area contributed by atoms with Gasteiger partial charge in [0, 0.05) is 13.6 Å². The summed E-state index contributed by atoms with van der Waals surface area (Å²) < 4.78 is 32.1. The average molecular weight is 410 g/mol. The van der Waals surface area contributed by atoms with Crippen LogP contribution in [0.1, 0.15) is 32.3 Å². The number of likely N-dealkylation sites (N-methyl/N-ethyl adjacent to an activating group) is 1. The van der Waals surface area contributed by atoms with E-state index in [-0.39, 0.29) is 16.2 Å². The Bertz CT molecular complexity index is 712. The van der Waals surface area contributed by atoms with Gasteiger partial charge in [-0.1, -0.05) is 25.4 Å². The van der Waals surface area contributed by atoms with E-state index < -0.39 is 21.9 Å². The lowest BCUT2D eigenvalue weighted by Crippen LogP contribution is -2.30. The molecule has 1 aliphatic heterocycles. The zero-order chi connectivity index (χ0) is 18.8. The van der Waals surface area contributed by atoms with Crippen LogP contribution in [0, 0.1) is 11.8 Å². The molecule has 0 saturated carbocycles. The molecule has 1 fully saturated rings. The van der Waals surface area contributed by atoms with Crippen LogP contribution in [-0.4, -0.2) is 50.1 Å². The molecule has 2 unspecified atom stereocenters. The van der Waals surface area contributed by atoms with E-state index in [9.17, 15) is 18.3 Å². The number of carbonyl (C=O) groups is 1. The van der Waals surface area contributed by atoms with Crippen LogP contribution in [-0.2, 0) is 26.0 Å². The number of halogens is 1. The van der Waals surface area contributed by atoms with Crippen LogP contribution in [0.2, 0.25) is 4.34 Å². The van der Waals surface area contributed by atoms with Crippen molar-refractivity contribution in [2.24, 2.45) is 11.8 Å². The maximum absolute atomic E-state index is 12.6. The van der Waals surface area contributed by atoms with Gasteiger partial charge in [-0.3, -0.25) is 4.79 Å². The lowest BCUT2D eigenvalue weighted by Gasteiger charge is -2.14. The molecule has 1 aromatic heterocycles. The summed E-state index contributed by atoms with van der Waals surface area (Å²) in [5.41, 5.74) is 0.691. The molecular formula is C16H24ClNO5S2. The largest absolute Gasteiger partial charge is 0.481 e. The topological polar surface area (TPSA) is 87.2 Å². The Kier molecular flexibility index (Phi) is 6.89. The van der Waals surface area contributed by atoms with E-state index in [1.165, 1.54) is 11.4 Å². The van der Waals surface area contributed by atoms with E-state index >= 15 is 0 Å². The molecular weight excluding hydrogens is 386 g/mol. The van der Waals surface area contributed by atoms with E-state index in [1.807, 2.05) is 13.8 Å². The Morgan fingerprint density at radius 1 is 1.52 bits per heavy atom. The summed E-state index contributed by atoms with van der Waals surface area (Å²) in [6, 6.07) is 1.57. The molecule has 25 heavy (non-hydrogen) atoms. The number of hydrogen-bond donors (Lipinski definition) is 1. The summed E-state index contributed by atoms with van der Waals surface area (Å²) in [5.74, 6) is -0.990. The van der Waals surface area contributed by atoms with Gasteiger partial charge in [-0.25, -0.2) is 8.42 Å². The normalized spacial score (nSPS) is 18.7. The first-order valence-corrected chi connectivity index (χ1v) is 10.8. The molecule has 9 heteroatoms. The average Bonchev–Trinajstić information content (AvgIpc) is 3.23. The molecule has 2 heterocycles. The number of hydrogen-bond acceptors (Lipinski definition) is 5. The first-order valence-electron chi connectivity index (χ1n) is 8.20. The van der Waals surface area contributed by atoms with Crippen molar-refractivity contribution in [2.75, 3.05) is 20.2 Å². The summed E-state index contributed by atoms with van der Waals surface area (Å²) in [4.78, 5) is 11.4. The number of ether oxygens (including phenoxy) is 1. The molecule has 142 valence electrons. The van der Waals surface area contributed by atoms with Crippen molar-refractivity contribution in [3.8, 4) is 0 Å². The van der Waals surface area contributed by atoms with Gasteiger partial charge in [-0.15, -0.1) is 11.3 Å². The highest BCUT2D eigenvalue weighted by molar-refractivity contribution is 7.91. The predicted octanol–water partition coefficient (Wildman–Crippen LogP) is 3.10. The summed E-state index contributed by atoms with van der Waals surface area (Å²) in [5, 5.41) is 9.32. The number of thiophene rings is 1. The lowest BCUT2D eigenvalue weighted by molar-refractivity contribution is -0.142. The van der Waals surface area contributed by atoms with Gasteiger partial charge >= 0.3 is 5.97 Å². The van der Waals surface area contributed by atoms with Gasteiger partial charge in [0.1, 0.15) is 4.21 Å². The number of nitrogens with zero attached hydrogens (tertiary/aromatic N) is 1. The van der Waals surface area contributed by atoms with Crippen molar-refractivity contribution in [1.82, 2.24) is 4.31 Å². The predicted molar refractivity (Wildman–Crippen MR) is 97.8 cm³/mol. The van der Waals surface area contributed by atoms with E-state index in [0.717, 1.165) is 11.3 Å². The Balaban J connectivity index is 2.07. The van der Waals surface area contributed by atoms with Crippen LogP contribution in [0.25, 0.3) is 0 Å². The number of epoxide rings is 1. The van der Waals surface area contributed by atoms with Crippen molar-refractivity contribution in [3.63, 3.8) is 0 Å². The maximum Gasteiger partial charge on any atom is 0.306 e. The first-order chi connectivity index (χ1) is 11.6. The molecule has 2 rings (SSSR count). The molecule has 0 amide bonds. The second kappa shape index (κ2) is 8.35. The van der Waals surface area contributed by atoms with Gasteiger partial charge in [-0.05, 0) is 36.8 Å². The molecule has 0 bridgehead atoms. The third-order valence-electron chi connectivity index (χ3n) is 4.13. The van der Waals surface area contributed by atoms with Crippen molar-refractivity contribution in [1.29, 1.82) is 0 Å². The van der Waals surface area contributed by atoms with Gasteiger partial charge < -0.3 is 9.84 Å². The summed E-state index contributed by atoms with van der Waals surface area (Å²) in [6.45, 7) is 4.88. The molecule has 1 aromatic rings. The van der Waals surface area contributed by atoms with Crippen molar-refractivity contribution < 1.29 is 23.1 Å². The van der Waals surface area contributed by atoms with Gasteiger partial charge in [0.15, 0.2) is 0 Å². The minimum atomic E-state index is -3.60. The number of rotatable bonds is 10. The Hall–Kier alpha value is -0.670. The fourth-order valence-electron chi connectivity index (χ4n) is 2.63. The maximum atomic E-state index is 12.6. The van der Waals surface area contributed by atoms with Crippen molar-refractivity contribution in [2.45, 2.75) is 43.4 Å². The van der Waals surface area contributed by atoms with Gasteiger partial charge in [-0.2, -0.15) is 4.31 Å². The molecule has 0 aromatic carbocycles. The van der Waals surface area contributed by atoms with Crippen molar-refractivity contribution in [3.05, 3.63) is 16.0 Å². The van der Waals surface area contributed by atoms with E-state index in [4.69, 9.17) is 16.3 Å². The molecule has 0 radical (unpaired) electrons. The van der Waals surface area contributed by atoms with Gasteiger partial charge in [0.2, 0.25) is 0 Å². The number of aliphatic carboxylic acids is 1. The number of carboxylic acid groups (broad SMARTS) is 1. The molecule has 1 N–H and O–H groups in total.